The van der Waals surface area contributed by atoms with E-state index in [2.05, 4.69) is 0 Å². The lowest BCUT2D eigenvalue weighted by atomic mass is 9.84. The van der Waals surface area contributed by atoms with Gasteiger partial charge in [-0.05, 0) is 48.1 Å². The molecular weight excluding hydrogens is 384 g/mol. The first-order valence-corrected chi connectivity index (χ1v) is 11.2. The highest BCUT2D eigenvalue weighted by Gasteiger charge is 2.40. The van der Waals surface area contributed by atoms with Crippen molar-refractivity contribution < 1.29 is 12.8 Å². The number of pyridine rings is 1. The molecule has 6 nitrogen and oxygen atoms in total. The number of hydrogen-bond acceptors (Lipinski definition) is 5. The standard InChI is InChI=1S/C19H18N2O4S2/c22-19-15(17-3-1-7-25-17)5-6-16-14-9-13(11-21(16)19)10-20(12-14)27(23,24)18-4-2-8-26-18/h1-8,13-14H,9-12H2/t13-,14+/m0/s1. The Kier molecular flexibility index (Phi) is 3.89. The van der Waals surface area contributed by atoms with E-state index in [0.717, 1.165) is 12.1 Å². The van der Waals surface area contributed by atoms with Crippen molar-refractivity contribution >= 4 is 21.4 Å². The monoisotopic (exact) mass is 402 g/mol. The Balaban J connectivity index is 1.52. The molecule has 8 heteroatoms. The highest BCUT2D eigenvalue weighted by atomic mass is 32.2. The van der Waals surface area contributed by atoms with Gasteiger partial charge >= 0.3 is 0 Å². The maximum Gasteiger partial charge on any atom is 0.261 e. The Labute approximate surface area is 160 Å². The van der Waals surface area contributed by atoms with E-state index >= 15 is 0 Å². The van der Waals surface area contributed by atoms with Crippen LogP contribution in [-0.4, -0.2) is 30.4 Å². The molecule has 1 fully saturated rings. The third kappa shape index (κ3) is 2.70. The molecule has 5 rings (SSSR count). The average molecular weight is 402 g/mol. The smallest absolute Gasteiger partial charge is 0.261 e. The predicted octanol–water partition coefficient (Wildman–Crippen LogP) is 2.98. The van der Waals surface area contributed by atoms with Gasteiger partial charge in [0.2, 0.25) is 0 Å². The zero-order valence-electron chi connectivity index (χ0n) is 14.4. The van der Waals surface area contributed by atoms with Crippen LogP contribution < -0.4 is 5.56 Å². The molecular formula is C19H18N2O4S2. The molecule has 2 bridgehead atoms. The second-order valence-electron chi connectivity index (χ2n) is 7.12. The van der Waals surface area contributed by atoms with Crippen molar-refractivity contribution in [3.8, 4) is 11.3 Å². The highest BCUT2D eigenvalue weighted by molar-refractivity contribution is 7.91. The molecule has 1 saturated heterocycles. The van der Waals surface area contributed by atoms with Gasteiger partial charge in [-0.2, -0.15) is 4.31 Å². The quantitative estimate of drug-likeness (QED) is 0.675. The summed E-state index contributed by atoms with van der Waals surface area (Å²) in [6.07, 6.45) is 2.47. The molecule has 0 aliphatic carbocycles. The molecule has 0 saturated carbocycles. The second kappa shape index (κ2) is 6.19. The number of fused-ring (bicyclic) bond motifs is 4. The fraction of sp³-hybridized carbons (Fsp3) is 0.316. The largest absolute Gasteiger partial charge is 0.464 e. The highest BCUT2D eigenvalue weighted by Crippen LogP contribution is 2.38. The molecule has 0 radical (unpaired) electrons. The Bertz CT molecular complexity index is 1130. The lowest BCUT2D eigenvalue weighted by molar-refractivity contribution is 0.186. The van der Waals surface area contributed by atoms with Crippen molar-refractivity contribution in [3.05, 3.63) is 64.1 Å². The van der Waals surface area contributed by atoms with Crippen LogP contribution in [0.5, 0.6) is 0 Å². The Morgan fingerprint density at radius 2 is 1.96 bits per heavy atom. The zero-order valence-corrected chi connectivity index (χ0v) is 16.1. The van der Waals surface area contributed by atoms with Crippen LogP contribution >= 0.6 is 11.3 Å². The molecule has 0 unspecified atom stereocenters. The SMILES string of the molecule is O=c1c(-c2ccco2)ccc2n1C[C@H]1C[C@@H]2CN(S(=O)(=O)c2cccs2)C1. The van der Waals surface area contributed by atoms with Crippen LogP contribution in [0.4, 0.5) is 0 Å². The van der Waals surface area contributed by atoms with Crippen molar-refractivity contribution in [2.24, 2.45) is 5.92 Å². The lowest BCUT2D eigenvalue weighted by Crippen LogP contribution is -2.49. The molecule has 140 valence electrons. The van der Waals surface area contributed by atoms with Crippen LogP contribution in [0.25, 0.3) is 11.3 Å². The molecule has 0 amide bonds. The minimum atomic E-state index is -3.47. The van der Waals surface area contributed by atoms with E-state index in [1.165, 1.54) is 11.3 Å². The summed E-state index contributed by atoms with van der Waals surface area (Å²) in [6.45, 7) is 1.40. The van der Waals surface area contributed by atoms with Crippen molar-refractivity contribution in [1.82, 2.24) is 8.87 Å². The Morgan fingerprint density at radius 1 is 1.07 bits per heavy atom. The number of piperidine rings is 1. The minimum absolute atomic E-state index is 0.0330. The topological polar surface area (TPSA) is 72.5 Å². The third-order valence-electron chi connectivity index (χ3n) is 5.45. The van der Waals surface area contributed by atoms with Gasteiger partial charge in [0.15, 0.2) is 0 Å². The summed E-state index contributed by atoms with van der Waals surface area (Å²) < 4.78 is 35.0. The van der Waals surface area contributed by atoms with Crippen LogP contribution in [-0.2, 0) is 16.6 Å². The van der Waals surface area contributed by atoms with Crippen LogP contribution in [0, 0.1) is 5.92 Å². The van der Waals surface area contributed by atoms with Crippen LogP contribution in [0.1, 0.15) is 18.0 Å². The van der Waals surface area contributed by atoms with Crippen molar-refractivity contribution in [1.29, 1.82) is 0 Å². The van der Waals surface area contributed by atoms with Gasteiger partial charge in [0.25, 0.3) is 15.6 Å². The minimum Gasteiger partial charge on any atom is -0.464 e. The number of rotatable bonds is 3. The molecule has 2 aliphatic rings. The summed E-state index contributed by atoms with van der Waals surface area (Å²) in [5, 5.41) is 1.78. The maximum atomic E-state index is 13.0. The van der Waals surface area contributed by atoms with E-state index in [9.17, 15) is 13.2 Å². The zero-order chi connectivity index (χ0) is 18.6. The van der Waals surface area contributed by atoms with E-state index in [4.69, 9.17) is 4.42 Å². The third-order valence-corrected chi connectivity index (χ3v) is 8.65. The number of hydrogen-bond donors (Lipinski definition) is 0. The van der Waals surface area contributed by atoms with E-state index in [1.807, 2.05) is 10.6 Å². The molecule has 27 heavy (non-hydrogen) atoms. The molecule has 0 aromatic carbocycles. The van der Waals surface area contributed by atoms with E-state index in [-0.39, 0.29) is 17.4 Å². The number of thiophene rings is 1. The molecule has 5 heterocycles. The van der Waals surface area contributed by atoms with E-state index < -0.39 is 10.0 Å². The summed E-state index contributed by atoms with van der Waals surface area (Å²) in [5.41, 5.74) is 1.40. The van der Waals surface area contributed by atoms with Gasteiger partial charge in [-0.3, -0.25) is 4.79 Å². The number of sulfonamides is 1. The lowest BCUT2D eigenvalue weighted by Gasteiger charge is -2.42. The fourth-order valence-electron chi connectivity index (χ4n) is 4.26. The first kappa shape index (κ1) is 17.0. The van der Waals surface area contributed by atoms with Gasteiger partial charge in [-0.15, -0.1) is 11.3 Å². The van der Waals surface area contributed by atoms with Crippen LogP contribution in [0.3, 0.4) is 0 Å². The number of furan rings is 1. The average Bonchev–Trinajstić information content (AvgIpc) is 3.36. The normalized spacial score (nSPS) is 22.5. The van der Waals surface area contributed by atoms with Gasteiger partial charge in [0.1, 0.15) is 9.97 Å². The molecule has 3 aromatic heterocycles. The first-order chi connectivity index (χ1) is 13.0. The number of aromatic nitrogens is 1. The van der Waals surface area contributed by atoms with Gasteiger partial charge < -0.3 is 8.98 Å². The molecule has 3 aromatic rings. The van der Waals surface area contributed by atoms with Crippen molar-refractivity contribution in [2.75, 3.05) is 13.1 Å². The second-order valence-corrected chi connectivity index (χ2v) is 10.2. The van der Waals surface area contributed by atoms with Gasteiger partial charge in [0, 0.05) is 31.2 Å². The molecule has 2 atom stereocenters. The molecule has 0 N–H and O–H groups in total. The predicted molar refractivity (Wildman–Crippen MR) is 102 cm³/mol. The molecule has 2 aliphatic heterocycles. The van der Waals surface area contributed by atoms with E-state index in [1.54, 1.807) is 46.3 Å². The van der Waals surface area contributed by atoms with Gasteiger partial charge in [-0.25, -0.2) is 8.42 Å². The first-order valence-electron chi connectivity index (χ1n) is 8.85. The molecule has 0 spiro atoms. The number of nitrogens with zero attached hydrogens (tertiary/aromatic N) is 2. The van der Waals surface area contributed by atoms with Gasteiger partial charge in [-0.1, -0.05) is 6.07 Å². The van der Waals surface area contributed by atoms with Crippen molar-refractivity contribution in [3.63, 3.8) is 0 Å². The Hall–Kier alpha value is -2.16. The summed E-state index contributed by atoms with van der Waals surface area (Å²) >= 11 is 1.24. The van der Waals surface area contributed by atoms with Crippen LogP contribution in [0.15, 0.2) is 61.5 Å². The Morgan fingerprint density at radius 3 is 2.70 bits per heavy atom. The van der Waals surface area contributed by atoms with E-state index in [0.29, 0.717) is 35.2 Å². The summed E-state index contributed by atoms with van der Waals surface area (Å²) in [7, 11) is -3.47. The summed E-state index contributed by atoms with van der Waals surface area (Å²) in [4.78, 5) is 13.0. The summed E-state index contributed by atoms with van der Waals surface area (Å²) in [6, 6.07) is 10.7. The van der Waals surface area contributed by atoms with Crippen molar-refractivity contribution in [2.45, 2.75) is 23.1 Å². The summed E-state index contributed by atoms with van der Waals surface area (Å²) in [5.74, 6) is 0.731. The maximum absolute atomic E-state index is 13.0. The van der Waals surface area contributed by atoms with Crippen LogP contribution in [0.2, 0.25) is 0 Å². The van der Waals surface area contributed by atoms with Gasteiger partial charge in [0.05, 0.1) is 11.8 Å². The fourth-order valence-corrected chi connectivity index (χ4v) is 6.96.